The third-order valence-corrected chi connectivity index (χ3v) is 5.07. The topological polar surface area (TPSA) is 29.1 Å². The lowest BCUT2D eigenvalue weighted by Crippen LogP contribution is -2.15. The molecule has 0 spiro atoms. The van der Waals surface area contributed by atoms with Crippen LogP contribution in [0.25, 0.3) is 22.9 Å². The van der Waals surface area contributed by atoms with Crippen LogP contribution in [0, 0.1) is 0 Å². The van der Waals surface area contributed by atoms with E-state index in [-0.39, 0.29) is 5.91 Å². The molecule has 4 rings (SSSR count). The van der Waals surface area contributed by atoms with E-state index in [2.05, 4.69) is 17.4 Å². The van der Waals surface area contributed by atoms with Crippen molar-refractivity contribution in [3.05, 3.63) is 106 Å². The number of carbonyl (C=O) groups excluding carboxylic acids is 1. The lowest BCUT2D eigenvalue weighted by atomic mass is 10.0. The van der Waals surface area contributed by atoms with Gasteiger partial charge >= 0.3 is 0 Å². The van der Waals surface area contributed by atoms with Crippen molar-refractivity contribution in [1.82, 2.24) is 5.32 Å². The number of amides is 1. The summed E-state index contributed by atoms with van der Waals surface area (Å²) in [4.78, 5) is 12.4. The molecule has 0 radical (unpaired) electrons. The maximum absolute atomic E-state index is 12.4. The average molecular weight is 392 g/mol. The number of hydrogen-bond donors (Lipinski definition) is 1. The van der Waals surface area contributed by atoms with Gasteiger partial charge in [-0.15, -0.1) is 0 Å². The number of nitrogens with one attached hydrogen (secondary N) is 1. The Balaban J connectivity index is 1.64. The Hall–Kier alpha value is -2.81. The first kappa shape index (κ1) is 17.6. The highest BCUT2D eigenvalue weighted by Gasteiger charge is 2.20. The van der Waals surface area contributed by atoms with Gasteiger partial charge < -0.3 is 5.32 Å². The number of carbonyl (C=O) groups is 1. The number of benzene rings is 3. The molecule has 1 amide bonds. The van der Waals surface area contributed by atoms with Crippen LogP contribution in [0.4, 0.5) is 0 Å². The smallest absolute Gasteiger partial charge is 0.255 e. The van der Waals surface area contributed by atoms with Gasteiger partial charge in [0.25, 0.3) is 5.91 Å². The fourth-order valence-electron chi connectivity index (χ4n) is 2.99. The lowest BCUT2D eigenvalue weighted by molar-refractivity contribution is -0.115. The van der Waals surface area contributed by atoms with Crippen LogP contribution in [0.15, 0.2) is 84.4 Å². The molecule has 0 aromatic heterocycles. The van der Waals surface area contributed by atoms with Crippen LogP contribution < -0.4 is 5.32 Å². The Labute approximate surface area is 167 Å². The first-order chi connectivity index (χ1) is 13.1. The maximum Gasteiger partial charge on any atom is 0.255 e. The third-order valence-electron chi connectivity index (χ3n) is 4.41. The van der Waals surface area contributed by atoms with Gasteiger partial charge in [-0.1, -0.05) is 83.9 Å². The van der Waals surface area contributed by atoms with E-state index in [1.165, 1.54) is 0 Å². The van der Waals surface area contributed by atoms with Crippen LogP contribution >= 0.6 is 23.2 Å². The molecule has 0 saturated carbocycles. The molecule has 0 unspecified atom stereocenters. The summed E-state index contributed by atoms with van der Waals surface area (Å²) < 4.78 is 0. The minimum Gasteiger partial charge on any atom is -0.321 e. The average Bonchev–Trinajstić information content (AvgIpc) is 3.06. The molecule has 3 aromatic carbocycles. The molecule has 3 aromatic rings. The van der Waals surface area contributed by atoms with Crippen molar-refractivity contribution in [2.45, 2.75) is 0 Å². The van der Waals surface area contributed by atoms with Crippen molar-refractivity contribution in [2.75, 3.05) is 0 Å². The Morgan fingerprint density at radius 3 is 1.96 bits per heavy atom. The third kappa shape index (κ3) is 3.68. The van der Waals surface area contributed by atoms with Crippen molar-refractivity contribution < 1.29 is 4.79 Å². The molecule has 0 bridgehead atoms. The summed E-state index contributed by atoms with van der Waals surface area (Å²) in [5.41, 5.74) is 5.14. The molecule has 27 heavy (non-hydrogen) atoms. The summed E-state index contributed by atoms with van der Waals surface area (Å²) in [5.74, 6) is -0.173. The van der Waals surface area contributed by atoms with Crippen LogP contribution in [0.5, 0.6) is 0 Å². The lowest BCUT2D eigenvalue weighted by Gasteiger charge is -2.05. The Bertz CT molecular complexity index is 1050. The summed E-state index contributed by atoms with van der Waals surface area (Å²) in [6, 6.07) is 23.5. The molecular weight excluding hydrogens is 377 g/mol. The highest BCUT2D eigenvalue weighted by atomic mass is 35.5. The van der Waals surface area contributed by atoms with E-state index in [9.17, 15) is 4.79 Å². The minimum absolute atomic E-state index is 0.173. The Morgan fingerprint density at radius 1 is 0.704 bits per heavy atom. The minimum atomic E-state index is -0.173. The van der Waals surface area contributed by atoms with Crippen molar-refractivity contribution in [3.63, 3.8) is 0 Å². The fraction of sp³-hybridized carbons (Fsp3) is 0. The van der Waals surface area contributed by atoms with E-state index >= 15 is 0 Å². The van der Waals surface area contributed by atoms with Crippen LogP contribution in [-0.4, -0.2) is 5.91 Å². The van der Waals surface area contributed by atoms with E-state index < -0.39 is 0 Å². The molecule has 1 aliphatic heterocycles. The first-order valence-corrected chi connectivity index (χ1v) is 9.22. The Kier molecular flexibility index (Phi) is 4.85. The molecule has 4 heteroatoms. The first-order valence-electron chi connectivity index (χ1n) is 8.46. The summed E-state index contributed by atoms with van der Waals surface area (Å²) in [5, 5.41) is 3.93. The second kappa shape index (κ2) is 7.43. The Morgan fingerprint density at radius 2 is 1.30 bits per heavy atom. The normalized spacial score (nSPS) is 15.0. The van der Waals surface area contributed by atoms with Gasteiger partial charge in [-0.3, -0.25) is 4.79 Å². The standard InChI is InChI=1S/C23H15Cl2NO/c24-20-7-4-8-21(25)19(20)13-18-14-22(26-23(18)27)17-11-9-16(10-12-17)15-5-2-1-3-6-15/h1-14H,(H,26,27)/b18-13+. The van der Waals surface area contributed by atoms with Gasteiger partial charge in [0.2, 0.25) is 0 Å². The predicted octanol–water partition coefficient (Wildman–Crippen LogP) is 6.21. The van der Waals surface area contributed by atoms with Gasteiger partial charge in [0.05, 0.1) is 0 Å². The van der Waals surface area contributed by atoms with Crippen molar-refractivity contribution in [3.8, 4) is 11.1 Å². The molecule has 0 fully saturated rings. The fourth-order valence-corrected chi connectivity index (χ4v) is 3.50. The van der Waals surface area contributed by atoms with Gasteiger partial charge in [-0.25, -0.2) is 0 Å². The molecule has 1 aliphatic rings. The van der Waals surface area contributed by atoms with Crippen LogP contribution in [0.2, 0.25) is 10.0 Å². The molecule has 1 heterocycles. The van der Waals surface area contributed by atoms with E-state index in [0.717, 1.165) is 22.4 Å². The van der Waals surface area contributed by atoms with Crippen molar-refractivity contribution in [1.29, 1.82) is 0 Å². The van der Waals surface area contributed by atoms with Crippen LogP contribution in [0.1, 0.15) is 11.1 Å². The zero-order valence-electron chi connectivity index (χ0n) is 14.2. The molecule has 0 atom stereocenters. The second-order valence-corrected chi connectivity index (χ2v) is 7.00. The quantitative estimate of drug-likeness (QED) is 0.527. The maximum atomic E-state index is 12.4. The number of hydrogen-bond acceptors (Lipinski definition) is 1. The highest BCUT2D eigenvalue weighted by Crippen LogP contribution is 2.30. The molecule has 0 saturated heterocycles. The molecule has 0 aliphatic carbocycles. The van der Waals surface area contributed by atoms with E-state index in [1.807, 2.05) is 48.5 Å². The summed E-state index contributed by atoms with van der Waals surface area (Å²) in [6.07, 6.45) is 3.53. The molecular formula is C23H15Cl2NO. The van der Waals surface area contributed by atoms with Crippen LogP contribution in [0.3, 0.4) is 0 Å². The molecule has 1 N–H and O–H groups in total. The monoisotopic (exact) mass is 391 g/mol. The highest BCUT2D eigenvalue weighted by molar-refractivity contribution is 6.37. The summed E-state index contributed by atoms with van der Waals surface area (Å²) in [6.45, 7) is 0. The van der Waals surface area contributed by atoms with Gasteiger partial charge in [0.1, 0.15) is 0 Å². The molecule has 132 valence electrons. The van der Waals surface area contributed by atoms with E-state index in [4.69, 9.17) is 23.2 Å². The predicted molar refractivity (Wildman–Crippen MR) is 112 cm³/mol. The van der Waals surface area contributed by atoms with Gasteiger partial charge in [0, 0.05) is 26.9 Å². The van der Waals surface area contributed by atoms with Gasteiger partial charge in [-0.2, -0.15) is 0 Å². The van der Waals surface area contributed by atoms with E-state index in [0.29, 0.717) is 21.2 Å². The van der Waals surface area contributed by atoms with Gasteiger partial charge in [0.15, 0.2) is 0 Å². The van der Waals surface area contributed by atoms with Crippen molar-refractivity contribution >= 4 is 40.9 Å². The van der Waals surface area contributed by atoms with Crippen molar-refractivity contribution in [2.24, 2.45) is 0 Å². The zero-order valence-corrected chi connectivity index (χ0v) is 15.8. The largest absolute Gasteiger partial charge is 0.321 e. The second-order valence-electron chi connectivity index (χ2n) is 6.19. The zero-order chi connectivity index (χ0) is 18.8. The number of rotatable bonds is 3. The number of halogens is 2. The SMILES string of the molecule is O=C1NC(c2ccc(-c3ccccc3)cc2)=C/C1=C\c1c(Cl)cccc1Cl. The molecule has 2 nitrogen and oxygen atoms in total. The van der Waals surface area contributed by atoms with Gasteiger partial charge in [-0.05, 0) is 41.0 Å². The van der Waals surface area contributed by atoms with E-state index in [1.54, 1.807) is 24.3 Å². The summed E-state index contributed by atoms with van der Waals surface area (Å²) >= 11 is 12.4. The van der Waals surface area contributed by atoms with Crippen LogP contribution in [-0.2, 0) is 4.79 Å². The summed E-state index contributed by atoms with van der Waals surface area (Å²) in [7, 11) is 0.